The predicted molar refractivity (Wildman–Crippen MR) is 110 cm³/mol. The van der Waals surface area contributed by atoms with Gasteiger partial charge >= 0.3 is 0 Å². The molecule has 7 nitrogen and oxygen atoms in total. The molecule has 1 saturated heterocycles. The number of pyridine rings is 1. The molecule has 0 radical (unpaired) electrons. The Kier molecular flexibility index (Phi) is 5.61. The summed E-state index contributed by atoms with van der Waals surface area (Å²) in [6.07, 6.45) is 7.50. The summed E-state index contributed by atoms with van der Waals surface area (Å²) < 4.78 is 5.13. The highest BCUT2D eigenvalue weighted by molar-refractivity contribution is 7.12. The van der Waals surface area contributed by atoms with E-state index in [2.05, 4.69) is 22.4 Å². The number of methoxy groups -OCH3 is 1. The molecule has 1 fully saturated rings. The van der Waals surface area contributed by atoms with Gasteiger partial charge in [-0.15, -0.1) is 11.3 Å². The highest BCUT2D eigenvalue weighted by Crippen LogP contribution is 2.26. The average Bonchev–Trinajstić information content (AvgIpc) is 3.42. The molecule has 1 amide bonds. The fraction of sp³-hybridized carbons (Fsp3) is 0.400. The summed E-state index contributed by atoms with van der Waals surface area (Å²) in [6.45, 7) is 2.00. The van der Waals surface area contributed by atoms with E-state index in [1.165, 1.54) is 11.3 Å². The van der Waals surface area contributed by atoms with E-state index in [1.807, 2.05) is 51.8 Å². The van der Waals surface area contributed by atoms with Gasteiger partial charge < -0.3 is 14.5 Å². The van der Waals surface area contributed by atoms with Crippen LogP contribution in [0.2, 0.25) is 0 Å². The number of amides is 1. The molecule has 2 aliphatic rings. The van der Waals surface area contributed by atoms with Gasteiger partial charge in [0, 0.05) is 18.3 Å². The monoisotopic (exact) mass is 399 g/mol. The fourth-order valence-corrected chi connectivity index (χ4v) is 4.33. The number of carbonyl (C=O) groups is 1. The lowest BCUT2D eigenvalue weighted by Crippen LogP contribution is -2.56. The second-order valence-electron chi connectivity index (χ2n) is 7.07. The Labute approximate surface area is 169 Å². The molecule has 2 aromatic rings. The van der Waals surface area contributed by atoms with Crippen LogP contribution in [-0.4, -0.2) is 60.1 Å². The molecule has 0 spiro atoms. The van der Waals surface area contributed by atoms with Crippen molar-refractivity contribution in [2.45, 2.75) is 25.0 Å². The second-order valence-corrected chi connectivity index (χ2v) is 8.02. The molecular weight excluding hydrogens is 374 g/mol. The van der Waals surface area contributed by atoms with E-state index in [0.29, 0.717) is 5.88 Å². The number of likely N-dealkylation sites (tertiary alicyclic amines) is 1. The minimum absolute atomic E-state index is 0.0846. The maximum Gasteiger partial charge on any atom is 0.265 e. The number of ether oxygens (including phenoxy) is 1. The van der Waals surface area contributed by atoms with Gasteiger partial charge in [-0.05, 0) is 56.6 Å². The summed E-state index contributed by atoms with van der Waals surface area (Å²) in [5.74, 6) is 0.658. The summed E-state index contributed by atoms with van der Waals surface area (Å²) in [5, 5.41) is 3.86. The molecule has 4 rings (SSSR count). The van der Waals surface area contributed by atoms with Crippen molar-refractivity contribution < 1.29 is 9.53 Å². The van der Waals surface area contributed by atoms with Gasteiger partial charge in [-0.3, -0.25) is 9.80 Å². The lowest BCUT2D eigenvalue weighted by Gasteiger charge is -2.40. The largest absolute Gasteiger partial charge is 0.481 e. The zero-order valence-electron chi connectivity index (χ0n) is 16.1. The number of piperidine rings is 1. The van der Waals surface area contributed by atoms with Gasteiger partial charge in [0.2, 0.25) is 5.88 Å². The van der Waals surface area contributed by atoms with Gasteiger partial charge in [0.05, 0.1) is 23.9 Å². The average molecular weight is 400 g/mol. The Morgan fingerprint density at radius 3 is 2.79 bits per heavy atom. The molecule has 4 heterocycles. The summed E-state index contributed by atoms with van der Waals surface area (Å²) >= 11 is 1.49. The van der Waals surface area contributed by atoms with Crippen LogP contribution in [0.1, 0.15) is 22.5 Å². The lowest BCUT2D eigenvalue weighted by atomic mass is 10.0. The summed E-state index contributed by atoms with van der Waals surface area (Å²) in [4.78, 5) is 22.7. The molecule has 0 saturated carbocycles. The number of hydrogen-bond acceptors (Lipinski definition) is 7. The normalized spacial score (nSPS) is 20.5. The molecule has 0 aliphatic carbocycles. The van der Waals surface area contributed by atoms with Crippen LogP contribution in [0.15, 0.2) is 48.1 Å². The van der Waals surface area contributed by atoms with Crippen LogP contribution < -0.4 is 15.2 Å². The number of thiophene rings is 1. The number of aromatic nitrogens is 1. The number of anilines is 1. The highest BCUT2D eigenvalue weighted by atomic mass is 32.1. The molecule has 0 aromatic carbocycles. The van der Waals surface area contributed by atoms with E-state index in [1.54, 1.807) is 13.3 Å². The first-order chi connectivity index (χ1) is 13.7. The summed E-state index contributed by atoms with van der Waals surface area (Å²) in [7, 11) is 3.73. The van der Waals surface area contributed by atoms with Gasteiger partial charge in [-0.25, -0.2) is 10.4 Å². The SMILES string of the molecule is COc1ccc(N2C=CC(N(C(=O)c3cccs3)C3CCN(C)CC3)N2)cn1. The zero-order chi connectivity index (χ0) is 19.5. The van der Waals surface area contributed by atoms with E-state index in [-0.39, 0.29) is 18.1 Å². The van der Waals surface area contributed by atoms with Crippen molar-refractivity contribution in [3.63, 3.8) is 0 Å². The molecule has 0 bridgehead atoms. The van der Waals surface area contributed by atoms with Crippen molar-refractivity contribution in [1.82, 2.24) is 20.2 Å². The van der Waals surface area contributed by atoms with E-state index in [9.17, 15) is 4.79 Å². The van der Waals surface area contributed by atoms with Crippen molar-refractivity contribution in [2.75, 3.05) is 32.3 Å². The zero-order valence-corrected chi connectivity index (χ0v) is 16.9. The molecule has 2 aromatic heterocycles. The fourth-order valence-electron chi connectivity index (χ4n) is 3.67. The second kappa shape index (κ2) is 8.30. The quantitative estimate of drug-likeness (QED) is 0.834. The molecule has 2 aliphatic heterocycles. The van der Waals surface area contributed by atoms with Crippen LogP contribution in [0.4, 0.5) is 5.69 Å². The molecule has 1 N–H and O–H groups in total. The van der Waals surface area contributed by atoms with Crippen LogP contribution in [0.25, 0.3) is 0 Å². The van der Waals surface area contributed by atoms with Crippen molar-refractivity contribution in [1.29, 1.82) is 0 Å². The summed E-state index contributed by atoms with van der Waals surface area (Å²) in [6, 6.07) is 7.80. The Hall–Kier alpha value is -2.42. The Morgan fingerprint density at radius 1 is 1.32 bits per heavy atom. The molecule has 1 atom stereocenters. The predicted octanol–water partition coefficient (Wildman–Crippen LogP) is 2.55. The van der Waals surface area contributed by atoms with Gasteiger partial charge in [0.25, 0.3) is 5.91 Å². The summed E-state index contributed by atoms with van der Waals surface area (Å²) in [5.41, 5.74) is 4.33. The smallest absolute Gasteiger partial charge is 0.265 e. The van der Waals surface area contributed by atoms with Gasteiger partial charge in [0.1, 0.15) is 6.17 Å². The topological polar surface area (TPSA) is 60.9 Å². The van der Waals surface area contributed by atoms with Crippen LogP contribution in [-0.2, 0) is 0 Å². The first kappa shape index (κ1) is 18.9. The number of rotatable bonds is 5. The van der Waals surface area contributed by atoms with Crippen molar-refractivity contribution in [3.8, 4) is 5.88 Å². The minimum Gasteiger partial charge on any atom is -0.481 e. The third kappa shape index (κ3) is 3.89. The van der Waals surface area contributed by atoms with Gasteiger partial charge in [0.15, 0.2) is 0 Å². The number of hydrogen-bond donors (Lipinski definition) is 1. The Bertz CT molecular complexity index is 816. The van der Waals surface area contributed by atoms with E-state index in [0.717, 1.165) is 36.5 Å². The van der Waals surface area contributed by atoms with E-state index in [4.69, 9.17) is 4.74 Å². The number of hydrazine groups is 1. The molecule has 1 unspecified atom stereocenters. The van der Waals surface area contributed by atoms with Crippen molar-refractivity contribution in [2.24, 2.45) is 0 Å². The maximum atomic E-state index is 13.3. The lowest BCUT2D eigenvalue weighted by molar-refractivity contribution is 0.0492. The minimum atomic E-state index is -0.190. The van der Waals surface area contributed by atoms with Crippen LogP contribution in [0.3, 0.4) is 0 Å². The van der Waals surface area contributed by atoms with E-state index < -0.39 is 0 Å². The molecule has 148 valence electrons. The van der Waals surface area contributed by atoms with E-state index >= 15 is 0 Å². The highest BCUT2D eigenvalue weighted by Gasteiger charge is 2.35. The maximum absolute atomic E-state index is 13.3. The van der Waals surface area contributed by atoms with Crippen LogP contribution in [0, 0.1) is 0 Å². The molecular formula is C20H25N5O2S. The third-order valence-electron chi connectivity index (χ3n) is 5.24. The van der Waals surface area contributed by atoms with Gasteiger partial charge in [-0.2, -0.15) is 0 Å². The first-order valence-corrected chi connectivity index (χ1v) is 10.3. The Morgan fingerprint density at radius 2 is 2.14 bits per heavy atom. The van der Waals surface area contributed by atoms with Crippen molar-refractivity contribution in [3.05, 3.63) is 53.0 Å². The van der Waals surface area contributed by atoms with Crippen LogP contribution >= 0.6 is 11.3 Å². The molecule has 28 heavy (non-hydrogen) atoms. The van der Waals surface area contributed by atoms with Crippen LogP contribution in [0.5, 0.6) is 5.88 Å². The standard InChI is InChI=1S/C20H25N5O2S/c1-23-10-7-15(8-11-23)25(20(26)17-4-3-13-28-17)18-9-12-24(22-18)16-5-6-19(27-2)21-14-16/h3-6,9,12-15,18,22H,7-8,10-11H2,1-2H3. The number of carbonyl (C=O) groups excluding carboxylic acids is 1. The first-order valence-electron chi connectivity index (χ1n) is 9.44. The Balaban J connectivity index is 1.53. The van der Waals surface area contributed by atoms with Gasteiger partial charge in [-0.1, -0.05) is 6.07 Å². The molecule has 8 heteroatoms. The van der Waals surface area contributed by atoms with Crippen molar-refractivity contribution >= 4 is 22.9 Å². The number of nitrogens with zero attached hydrogens (tertiary/aromatic N) is 4. The third-order valence-corrected chi connectivity index (χ3v) is 6.10. The number of nitrogens with one attached hydrogen (secondary N) is 1.